The highest BCUT2D eigenvalue weighted by atomic mass is 32.2. The predicted molar refractivity (Wildman–Crippen MR) is 74.3 cm³/mol. The molecular weight excluding hydrogens is 248 g/mol. The molecule has 0 amide bonds. The van der Waals surface area contributed by atoms with Crippen LogP contribution in [0.5, 0.6) is 0 Å². The van der Waals surface area contributed by atoms with Gasteiger partial charge in [0, 0.05) is 13.1 Å². The Kier molecular flexibility index (Phi) is 3.64. The molecule has 0 aliphatic carbocycles. The first-order valence-corrected chi connectivity index (χ1v) is 7.79. The Morgan fingerprint density at radius 3 is 2.61 bits per heavy atom. The maximum atomic E-state index is 12.3. The molecule has 1 aromatic rings. The molecule has 4 nitrogen and oxygen atoms in total. The summed E-state index contributed by atoms with van der Waals surface area (Å²) in [7, 11) is -3.28. The summed E-state index contributed by atoms with van der Waals surface area (Å²) in [6, 6.07) is 7.70. The highest BCUT2D eigenvalue weighted by Crippen LogP contribution is 2.33. The molecule has 1 aliphatic rings. The summed E-state index contributed by atoms with van der Waals surface area (Å²) in [5.74, 6) is 0.299. The van der Waals surface area contributed by atoms with Gasteiger partial charge in [-0.1, -0.05) is 32.0 Å². The summed E-state index contributed by atoms with van der Waals surface area (Å²) >= 11 is 0. The number of benzene rings is 1. The molecule has 100 valence electrons. The summed E-state index contributed by atoms with van der Waals surface area (Å²) in [5.41, 5.74) is 7.42. The maximum absolute atomic E-state index is 12.3. The molecular formula is C13H20N2O2S. The summed E-state index contributed by atoms with van der Waals surface area (Å²) in [4.78, 5) is 0. The van der Waals surface area contributed by atoms with Gasteiger partial charge in [-0.15, -0.1) is 0 Å². The van der Waals surface area contributed by atoms with Crippen molar-refractivity contribution in [2.24, 2.45) is 5.73 Å². The first-order chi connectivity index (χ1) is 8.48. The Morgan fingerprint density at radius 1 is 1.39 bits per heavy atom. The summed E-state index contributed by atoms with van der Waals surface area (Å²) < 4.78 is 26.2. The fraction of sp³-hybridized carbons (Fsp3) is 0.538. The molecule has 2 rings (SSSR count). The van der Waals surface area contributed by atoms with E-state index in [1.807, 2.05) is 24.3 Å². The monoisotopic (exact) mass is 268 g/mol. The minimum Gasteiger partial charge on any atom is -0.329 e. The van der Waals surface area contributed by atoms with Gasteiger partial charge in [-0.3, -0.25) is 4.31 Å². The van der Waals surface area contributed by atoms with Gasteiger partial charge in [0.15, 0.2) is 0 Å². The molecule has 1 fully saturated rings. The Hall–Kier alpha value is -1.07. The smallest absolute Gasteiger partial charge is 0.239 e. The van der Waals surface area contributed by atoms with Gasteiger partial charge in [0.25, 0.3) is 0 Å². The number of nitrogens with zero attached hydrogens (tertiary/aromatic N) is 1. The minimum absolute atomic E-state index is 0.197. The van der Waals surface area contributed by atoms with E-state index in [0.717, 1.165) is 11.3 Å². The predicted octanol–water partition coefficient (Wildman–Crippen LogP) is 1.68. The molecule has 18 heavy (non-hydrogen) atoms. The second kappa shape index (κ2) is 4.90. The number of hydrogen-bond acceptors (Lipinski definition) is 3. The Morgan fingerprint density at radius 2 is 2.06 bits per heavy atom. The lowest BCUT2D eigenvalue weighted by atomic mass is 10.0. The average Bonchev–Trinajstić information content (AvgIpc) is 2.63. The van der Waals surface area contributed by atoms with Crippen molar-refractivity contribution in [3.05, 3.63) is 29.8 Å². The lowest BCUT2D eigenvalue weighted by molar-refractivity contribution is 0.588. The van der Waals surface area contributed by atoms with Crippen molar-refractivity contribution >= 4 is 15.7 Å². The van der Waals surface area contributed by atoms with Gasteiger partial charge < -0.3 is 5.73 Å². The molecule has 0 spiro atoms. The zero-order valence-corrected chi connectivity index (χ0v) is 11.7. The lowest BCUT2D eigenvalue weighted by Crippen LogP contribution is -2.33. The van der Waals surface area contributed by atoms with E-state index < -0.39 is 15.3 Å². The molecule has 1 heterocycles. The van der Waals surface area contributed by atoms with Gasteiger partial charge in [0.2, 0.25) is 10.0 Å². The van der Waals surface area contributed by atoms with E-state index in [9.17, 15) is 8.42 Å². The Labute approximate surface area is 109 Å². The van der Waals surface area contributed by atoms with Crippen LogP contribution in [0.3, 0.4) is 0 Å². The van der Waals surface area contributed by atoms with Crippen LogP contribution in [-0.2, 0) is 10.0 Å². The van der Waals surface area contributed by atoms with Gasteiger partial charge in [0.05, 0.1) is 10.9 Å². The van der Waals surface area contributed by atoms with Crippen molar-refractivity contribution in [1.82, 2.24) is 0 Å². The average molecular weight is 268 g/mol. The molecule has 0 aromatic heterocycles. The second-order valence-electron chi connectivity index (χ2n) is 4.98. The van der Waals surface area contributed by atoms with Crippen molar-refractivity contribution in [3.8, 4) is 0 Å². The largest absolute Gasteiger partial charge is 0.329 e. The molecule has 1 atom stereocenters. The number of nitrogens with two attached hydrogens (primary N) is 1. The van der Waals surface area contributed by atoms with Crippen molar-refractivity contribution in [3.63, 3.8) is 0 Å². The van der Waals surface area contributed by atoms with E-state index in [1.165, 1.54) is 4.31 Å². The third kappa shape index (κ3) is 2.12. The standard InChI is InChI=1S/C13H20N2O2S/c1-10(2)12-5-3-4-6-13(12)15-8-7-11(9-14)18(15,16)17/h3-6,10-11H,7-9,14H2,1-2H3/t11-/m0/s1. The minimum atomic E-state index is -3.28. The van der Waals surface area contributed by atoms with Crippen LogP contribution in [0.4, 0.5) is 5.69 Å². The van der Waals surface area contributed by atoms with E-state index >= 15 is 0 Å². The van der Waals surface area contributed by atoms with Crippen LogP contribution in [0.2, 0.25) is 0 Å². The molecule has 5 heteroatoms. The molecule has 0 bridgehead atoms. The second-order valence-corrected chi connectivity index (χ2v) is 7.11. The number of para-hydroxylation sites is 1. The lowest BCUT2D eigenvalue weighted by Gasteiger charge is -2.23. The normalized spacial score (nSPS) is 22.7. The van der Waals surface area contributed by atoms with Crippen molar-refractivity contribution in [2.75, 3.05) is 17.4 Å². The van der Waals surface area contributed by atoms with Crippen LogP contribution >= 0.6 is 0 Å². The van der Waals surface area contributed by atoms with Gasteiger partial charge in [0.1, 0.15) is 0 Å². The third-order valence-corrected chi connectivity index (χ3v) is 5.74. The Balaban J connectivity index is 2.45. The number of rotatable bonds is 3. The van der Waals surface area contributed by atoms with E-state index in [2.05, 4.69) is 13.8 Å². The van der Waals surface area contributed by atoms with E-state index in [1.54, 1.807) is 0 Å². The summed E-state index contributed by atoms with van der Waals surface area (Å²) in [5, 5.41) is -0.433. The zero-order chi connectivity index (χ0) is 13.3. The van der Waals surface area contributed by atoms with E-state index in [-0.39, 0.29) is 6.54 Å². The van der Waals surface area contributed by atoms with Crippen LogP contribution in [0, 0.1) is 0 Å². The van der Waals surface area contributed by atoms with Gasteiger partial charge in [-0.05, 0) is 24.0 Å². The fourth-order valence-electron chi connectivity index (χ4n) is 2.42. The SMILES string of the molecule is CC(C)c1ccccc1N1CC[C@@H](CN)S1(=O)=O. The quantitative estimate of drug-likeness (QED) is 0.907. The molecule has 1 aromatic carbocycles. The molecule has 2 N–H and O–H groups in total. The van der Waals surface area contributed by atoms with Crippen molar-refractivity contribution < 1.29 is 8.42 Å². The number of sulfonamides is 1. The molecule has 0 saturated carbocycles. The third-order valence-electron chi connectivity index (χ3n) is 3.47. The van der Waals surface area contributed by atoms with E-state index in [4.69, 9.17) is 5.73 Å². The summed E-state index contributed by atoms with van der Waals surface area (Å²) in [6.45, 7) is 4.88. The molecule has 0 unspecified atom stereocenters. The highest BCUT2D eigenvalue weighted by Gasteiger charge is 2.38. The molecule has 1 aliphatic heterocycles. The van der Waals surface area contributed by atoms with Gasteiger partial charge in [-0.25, -0.2) is 8.42 Å². The number of hydrogen-bond donors (Lipinski definition) is 1. The maximum Gasteiger partial charge on any atom is 0.239 e. The Bertz CT molecular complexity index is 526. The van der Waals surface area contributed by atoms with Crippen molar-refractivity contribution in [1.29, 1.82) is 0 Å². The fourth-order valence-corrected chi connectivity index (χ4v) is 4.22. The summed E-state index contributed by atoms with van der Waals surface area (Å²) in [6.07, 6.45) is 0.616. The highest BCUT2D eigenvalue weighted by molar-refractivity contribution is 7.93. The van der Waals surface area contributed by atoms with Gasteiger partial charge >= 0.3 is 0 Å². The van der Waals surface area contributed by atoms with Crippen molar-refractivity contribution in [2.45, 2.75) is 31.4 Å². The topological polar surface area (TPSA) is 63.4 Å². The molecule has 1 saturated heterocycles. The number of anilines is 1. The van der Waals surface area contributed by atoms with Crippen LogP contribution in [-0.4, -0.2) is 26.8 Å². The van der Waals surface area contributed by atoms with Crippen LogP contribution in [0.25, 0.3) is 0 Å². The van der Waals surface area contributed by atoms with Crippen LogP contribution < -0.4 is 10.0 Å². The van der Waals surface area contributed by atoms with Gasteiger partial charge in [-0.2, -0.15) is 0 Å². The first kappa shape index (κ1) is 13.4. The molecule has 0 radical (unpaired) electrons. The van der Waals surface area contributed by atoms with E-state index in [0.29, 0.717) is 18.9 Å². The first-order valence-electron chi connectivity index (χ1n) is 6.29. The van der Waals surface area contributed by atoms with Crippen LogP contribution in [0.1, 0.15) is 31.7 Å². The van der Waals surface area contributed by atoms with Crippen LogP contribution in [0.15, 0.2) is 24.3 Å². The zero-order valence-electron chi connectivity index (χ0n) is 10.8.